The average molecular weight is 399 g/mol. The van der Waals surface area contributed by atoms with Gasteiger partial charge in [0.1, 0.15) is 11.6 Å². The predicted molar refractivity (Wildman–Crippen MR) is 111 cm³/mol. The lowest BCUT2D eigenvalue weighted by molar-refractivity contribution is 0.629. The van der Waals surface area contributed by atoms with Crippen molar-refractivity contribution < 1.29 is 4.39 Å². The lowest BCUT2D eigenvalue weighted by Gasteiger charge is -2.08. The Bertz CT molecular complexity index is 1280. The van der Waals surface area contributed by atoms with Gasteiger partial charge in [-0.1, -0.05) is 36.4 Å². The van der Waals surface area contributed by atoms with E-state index in [1.54, 1.807) is 41.3 Å². The van der Waals surface area contributed by atoms with Crippen LogP contribution >= 0.6 is 0 Å². The van der Waals surface area contributed by atoms with Crippen LogP contribution in [0.25, 0.3) is 17.0 Å². The van der Waals surface area contributed by atoms with Crippen molar-refractivity contribution in [3.05, 3.63) is 96.3 Å². The summed E-state index contributed by atoms with van der Waals surface area (Å²) in [4.78, 5) is 4.06. The highest BCUT2D eigenvalue weighted by Gasteiger charge is 2.13. The average Bonchev–Trinajstić information content (AvgIpc) is 3.43. The van der Waals surface area contributed by atoms with Crippen LogP contribution < -0.4 is 5.32 Å². The first-order valence-electron chi connectivity index (χ1n) is 9.51. The third-order valence-corrected chi connectivity index (χ3v) is 4.80. The largest absolute Gasteiger partial charge is 0.365 e. The molecule has 0 bridgehead atoms. The molecule has 0 saturated heterocycles. The fourth-order valence-electron chi connectivity index (χ4n) is 3.24. The maximum Gasteiger partial charge on any atom is 0.188 e. The number of hydrogen-bond donors (Lipinski definition) is 1. The number of benzene rings is 2. The molecule has 148 valence electrons. The van der Waals surface area contributed by atoms with Crippen LogP contribution in [0.4, 0.5) is 10.2 Å². The Morgan fingerprint density at radius 1 is 0.900 bits per heavy atom. The van der Waals surface area contributed by atoms with Crippen LogP contribution in [-0.2, 0) is 13.1 Å². The van der Waals surface area contributed by atoms with Gasteiger partial charge in [0, 0.05) is 25.5 Å². The molecule has 5 rings (SSSR count). The van der Waals surface area contributed by atoms with Crippen molar-refractivity contribution in [2.75, 3.05) is 5.32 Å². The Morgan fingerprint density at radius 2 is 1.73 bits per heavy atom. The first-order chi connectivity index (χ1) is 14.8. The molecule has 5 aromatic rings. The number of imidazole rings is 1. The zero-order valence-electron chi connectivity index (χ0n) is 16.0. The van der Waals surface area contributed by atoms with E-state index in [0.29, 0.717) is 29.4 Å². The molecule has 3 heterocycles. The Kier molecular flexibility index (Phi) is 4.65. The predicted octanol–water partition coefficient (Wildman–Crippen LogP) is 3.79. The zero-order chi connectivity index (χ0) is 20.3. The summed E-state index contributed by atoms with van der Waals surface area (Å²) in [7, 11) is 0. The Hall–Kier alpha value is -4.07. The van der Waals surface area contributed by atoms with E-state index in [2.05, 4.69) is 49.9 Å². The van der Waals surface area contributed by atoms with Crippen molar-refractivity contribution in [2.45, 2.75) is 13.1 Å². The molecule has 0 aliphatic carbocycles. The molecule has 30 heavy (non-hydrogen) atoms. The molecule has 7 nitrogen and oxygen atoms in total. The summed E-state index contributed by atoms with van der Waals surface area (Å²) < 4.78 is 17.8. The van der Waals surface area contributed by atoms with Gasteiger partial charge in [-0.25, -0.2) is 9.37 Å². The lowest BCUT2D eigenvalue weighted by atomic mass is 10.1. The fourth-order valence-corrected chi connectivity index (χ4v) is 3.24. The van der Waals surface area contributed by atoms with Gasteiger partial charge >= 0.3 is 0 Å². The standard InChI is InChI=1S/C22H18FN7/c23-19-4-2-1-3-18(19)22-27-26-21-10-9-20(28-30(21)22)25-13-16-5-7-17(8-6-16)14-29-12-11-24-15-29/h1-12,15H,13-14H2,(H,25,28). The normalized spacial score (nSPS) is 11.1. The highest BCUT2D eigenvalue weighted by Crippen LogP contribution is 2.21. The van der Waals surface area contributed by atoms with E-state index in [1.165, 1.54) is 11.6 Å². The van der Waals surface area contributed by atoms with Crippen LogP contribution in [0.5, 0.6) is 0 Å². The quantitative estimate of drug-likeness (QED) is 0.470. The number of hydrogen-bond acceptors (Lipinski definition) is 5. The summed E-state index contributed by atoms with van der Waals surface area (Å²) in [5.74, 6) is 0.667. The van der Waals surface area contributed by atoms with Gasteiger partial charge in [-0.3, -0.25) is 0 Å². The van der Waals surface area contributed by atoms with Crippen molar-refractivity contribution in [2.24, 2.45) is 0 Å². The molecule has 0 atom stereocenters. The van der Waals surface area contributed by atoms with E-state index >= 15 is 0 Å². The summed E-state index contributed by atoms with van der Waals surface area (Å²) in [6.45, 7) is 1.40. The van der Waals surface area contributed by atoms with Gasteiger partial charge in [0.15, 0.2) is 11.5 Å². The van der Waals surface area contributed by atoms with Crippen LogP contribution in [0.2, 0.25) is 0 Å². The van der Waals surface area contributed by atoms with Crippen LogP contribution in [-0.4, -0.2) is 29.4 Å². The SMILES string of the molecule is Fc1ccccc1-c1nnc2ccc(NCc3ccc(Cn4ccnc4)cc3)nn12. The van der Waals surface area contributed by atoms with Gasteiger partial charge in [-0.2, -0.15) is 4.52 Å². The number of nitrogens with zero attached hydrogens (tertiary/aromatic N) is 6. The van der Waals surface area contributed by atoms with Crippen LogP contribution in [0.3, 0.4) is 0 Å². The smallest absolute Gasteiger partial charge is 0.188 e. The molecule has 8 heteroatoms. The second-order valence-corrected chi connectivity index (χ2v) is 6.90. The van der Waals surface area contributed by atoms with Crippen molar-refractivity contribution in [1.29, 1.82) is 0 Å². The third kappa shape index (κ3) is 3.62. The Balaban J connectivity index is 1.32. The molecule has 0 fully saturated rings. The summed E-state index contributed by atoms with van der Waals surface area (Å²) >= 11 is 0. The minimum absolute atomic E-state index is 0.359. The van der Waals surface area contributed by atoms with Gasteiger partial charge < -0.3 is 9.88 Å². The monoisotopic (exact) mass is 399 g/mol. The Morgan fingerprint density at radius 3 is 2.53 bits per heavy atom. The molecule has 0 aliphatic rings. The first-order valence-corrected chi connectivity index (χ1v) is 9.51. The van der Waals surface area contributed by atoms with Gasteiger partial charge in [-0.15, -0.1) is 15.3 Å². The molecule has 3 aromatic heterocycles. The summed E-state index contributed by atoms with van der Waals surface area (Å²) in [6.07, 6.45) is 5.52. The zero-order valence-corrected chi connectivity index (χ0v) is 16.0. The third-order valence-electron chi connectivity index (χ3n) is 4.80. The molecule has 0 unspecified atom stereocenters. The molecular formula is C22H18FN7. The van der Waals surface area contributed by atoms with Crippen LogP contribution in [0, 0.1) is 5.82 Å². The highest BCUT2D eigenvalue weighted by atomic mass is 19.1. The number of nitrogens with one attached hydrogen (secondary N) is 1. The van der Waals surface area contributed by atoms with Crippen LogP contribution in [0.15, 0.2) is 79.4 Å². The highest BCUT2D eigenvalue weighted by molar-refractivity contribution is 5.60. The van der Waals surface area contributed by atoms with Crippen molar-refractivity contribution in [3.8, 4) is 11.4 Å². The second kappa shape index (κ2) is 7.75. The number of fused-ring (bicyclic) bond motifs is 1. The molecule has 0 saturated carbocycles. The summed E-state index contributed by atoms with van der Waals surface area (Å²) in [5.41, 5.74) is 3.26. The van der Waals surface area contributed by atoms with Gasteiger partial charge in [0.2, 0.25) is 0 Å². The van der Waals surface area contributed by atoms with E-state index in [1.807, 2.05) is 16.8 Å². The minimum atomic E-state index is -0.359. The first kappa shape index (κ1) is 18.0. The van der Waals surface area contributed by atoms with Crippen LogP contribution in [0.1, 0.15) is 11.1 Å². The molecule has 0 amide bonds. The summed E-state index contributed by atoms with van der Waals surface area (Å²) in [6, 6.07) is 18.5. The van der Waals surface area contributed by atoms with Gasteiger partial charge in [0.05, 0.1) is 11.9 Å². The number of aromatic nitrogens is 6. The van der Waals surface area contributed by atoms with E-state index in [9.17, 15) is 4.39 Å². The number of rotatable bonds is 6. The van der Waals surface area contributed by atoms with Crippen molar-refractivity contribution in [1.82, 2.24) is 29.4 Å². The Labute approximate surface area is 171 Å². The van der Waals surface area contributed by atoms with E-state index in [-0.39, 0.29) is 5.82 Å². The molecule has 2 aromatic carbocycles. The maximum atomic E-state index is 14.2. The molecule has 1 N–H and O–H groups in total. The maximum absolute atomic E-state index is 14.2. The summed E-state index contributed by atoms with van der Waals surface area (Å²) in [5, 5.41) is 16.0. The van der Waals surface area contributed by atoms with E-state index < -0.39 is 0 Å². The minimum Gasteiger partial charge on any atom is -0.365 e. The number of anilines is 1. The van der Waals surface area contributed by atoms with E-state index in [0.717, 1.165) is 12.1 Å². The van der Waals surface area contributed by atoms with Crippen molar-refractivity contribution in [3.63, 3.8) is 0 Å². The topological polar surface area (TPSA) is 72.9 Å². The second-order valence-electron chi connectivity index (χ2n) is 6.90. The molecular weight excluding hydrogens is 381 g/mol. The molecule has 0 radical (unpaired) electrons. The molecule has 0 spiro atoms. The fraction of sp³-hybridized carbons (Fsp3) is 0.0909. The van der Waals surface area contributed by atoms with E-state index in [4.69, 9.17) is 0 Å². The molecule has 0 aliphatic heterocycles. The van der Waals surface area contributed by atoms with Crippen molar-refractivity contribution >= 4 is 11.5 Å². The van der Waals surface area contributed by atoms with Gasteiger partial charge in [-0.05, 0) is 35.4 Å². The van der Waals surface area contributed by atoms with Gasteiger partial charge in [0.25, 0.3) is 0 Å². The lowest BCUT2D eigenvalue weighted by Crippen LogP contribution is -2.05. The number of halogens is 1.